The van der Waals surface area contributed by atoms with E-state index in [0.29, 0.717) is 5.78 Å². The summed E-state index contributed by atoms with van der Waals surface area (Å²) in [4.78, 5) is 8.25. The van der Waals surface area contributed by atoms with Gasteiger partial charge in [-0.1, -0.05) is 0 Å². The number of furan rings is 1. The molecule has 0 spiro atoms. The Bertz CT molecular complexity index is 491. The van der Waals surface area contributed by atoms with Crippen molar-refractivity contribution in [2.45, 2.75) is 0 Å². The molecule has 3 heterocycles. The Balaban J connectivity index is 2.23. The molecule has 5 nitrogen and oxygen atoms in total. The van der Waals surface area contributed by atoms with Gasteiger partial charge in [-0.15, -0.1) is 0 Å². The zero-order chi connectivity index (χ0) is 8.67. The molecular weight excluding hydrogens is 168 g/mol. The van der Waals surface area contributed by atoms with Gasteiger partial charge in [0.1, 0.15) is 12.0 Å². The highest BCUT2D eigenvalue weighted by atomic mass is 16.3. The number of aromatic nitrogens is 4. The zero-order valence-corrected chi connectivity index (χ0v) is 6.64. The average molecular weight is 174 g/mol. The van der Waals surface area contributed by atoms with Crippen LogP contribution in [-0.4, -0.2) is 19.6 Å². The van der Waals surface area contributed by atoms with E-state index in [4.69, 9.17) is 4.42 Å². The van der Waals surface area contributed by atoms with Crippen LogP contribution < -0.4 is 0 Å². The first kappa shape index (κ1) is 6.47. The molecule has 3 aromatic rings. The molecule has 3 aromatic heterocycles. The Morgan fingerprint density at radius 3 is 3.23 bits per heavy atom. The van der Waals surface area contributed by atoms with E-state index in [1.54, 1.807) is 17.1 Å². The second-order valence-electron chi connectivity index (χ2n) is 2.66. The number of nitrogens with one attached hydrogen (secondary N) is 1. The Labute approximate surface area is 73.0 Å². The normalized spacial score (nSPS) is 11.1. The Morgan fingerprint density at radius 2 is 2.46 bits per heavy atom. The molecule has 64 valence electrons. The van der Waals surface area contributed by atoms with Crippen LogP contribution in [0.1, 0.15) is 0 Å². The van der Waals surface area contributed by atoms with Crippen LogP contribution in [0.5, 0.6) is 0 Å². The molecular formula is C8H6N4O. The maximum Gasteiger partial charge on any atom is 0.251 e. The predicted molar refractivity (Wildman–Crippen MR) is 45.0 cm³/mol. The van der Waals surface area contributed by atoms with Gasteiger partial charge in [0.2, 0.25) is 0 Å². The van der Waals surface area contributed by atoms with E-state index < -0.39 is 0 Å². The van der Waals surface area contributed by atoms with Crippen molar-refractivity contribution in [1.29, 1.82) is 0 Å². The van der Waals surface area contributed by atoms with E-state index in [2.05, 4.69) is 15.1 Å². The van der Waals surface area contributed by atoms with E-state index in [0.717, 1.165) is 11.5 Å². The van der Waals surface area contributed by atoms with E-state index >= 15 is 0 Å². The molecule has 1 N–H and O–H groups in total. The largest absolute Gasteiger partial charge is 0.463 e. The summed E-state index contributed by atoms with van der Waals surface area (Å²) in [5, 5.41) is 2.90. The Morgan fingerprint density at radius 1 is 1.46 bits per heavy atom. The third kappa shape index (κ3) is 0.868. The van der Waals surface area contributed by atoms with Crippen LogP contribution in [0.3, 0.4) is 0 Å². The SMILES string of the molecule is c1coc(-c2cn3[nH]cnc3n2)c1. The lowest BCUT2D eigenvalue weighted by atomic mass is 10.4. The maximum atomic E-state index is 5.20. The lowest BCUT2D eigenvalue weighted by Crippen LogP contribution is -1.76. The standard InChI is InChI=1S/C8H6N4O/c1-2-7(13-3-1)6-4-12-8(11-6)9-5-10-12/h1-5H,(H,9,10,11). The minimum Gasteiger partial charge on any atom is -0.463 e. The summed E-state index contributed by atoms with van der Waals surface area (Å²) in [7, 11) is 0. The second-order valence-corrected chi connectivity index (χ2v) is 2.66. The molecule has 0 bridgehead atoms. The van der Waals surface area contributed by atoms with Gasteiger partial charge in [0, 0.05) is 0 Å². The van der Waals surface area contributed by atoms with Gasteiger partial charge >= 0.3 is 0 Å². The van der Waals surface area contributed by atoms with Gasteiger partial charge in [-0.25, -0.2) is 14.5 Å². The van der Waals surface area contributed by atoms with Crippen LogP contribution in [0.4, 0.5) is 0 Å². The number of H-pyrrole nitrogens is 1. The van der Waals surface area contributed by atoms with Crippen LogP contribution in [0.15, 0.2) is 35.3 Å². The number of aromatic amines is 1. The molecule has 0 fully saturated rings. The number of nitrogens with zero attached hydrogens (tertiary/aromatic N) is 3. The van der Waals surface area contributed by atoms with Crippen molar-refractivity contribution in [3.05, 3.63) is 30.9 Å². The topological polar surface area (TPSA) is 59.1 Å². The predicted octanol–water partition coefficient (Wildman–Crippen LogP) is 1.32. The summed E-state index contributed by atoms with van der Waals surface area (Å²) in [5.74, 6) is 1.39. The van der Waals surface area contributed by atoms with Gasteiger partial charge in [0.05, 0.1) is 12.5 Å². The molecule has 13 heavy (non-hydrogen) atoms. The molecule has 0 atom stereocenters. The molecule has 0 aliphatic heterocycles. The molecule has 0 aliphatic rings. The highest BCUT2D eigenvalue weighted by Crippen LogP contribution is 2.17. The first-order chi connectivity index (χ1) is 6.43. The van der Waals surface area contributed by atoms with Gasteiger partial charge < -0.3 is 4.42 Å². The third-order valence-corrected chi connectivity index (χ3v) is 1.84. The molecule has 0 saturated carbocycles. The van der Waals surface area contributed by atoms with Crippen molar-refractivity contribution in [2.24, 2.45) is 0 Å². The lowest BCUT2D eigenvalue weighted by molar-refractivity contribution is 0.580. The van der Waals surface area contributed by atoms with Crippen LogP contribution in [0.2, 0.25) is 0 Å². The third-order valence-electron chi connectivity index (χ3n) is 1.84. The van der Waals surface area contributed by atoms with Crippen LogP contribution in [0.25, 0.3) is 17.2 Å². The summed E-state index contributed by atoms with van der Waals surface area (Å²) < 4.78 is 6.93. The quantitative estimate of drug-likeness (QED) is 0.605. The van der Waals surface area contributed by atoms with E-state index in [-0.39, 0.29) is 0 Å². The number of rotatable bonds is 1. The molecule has 0 aliphatic carbocycles. The van der Waals surface area contributed by atoms with Crippen molar-refractivity contribution < 1.29 is 4.42 Å². The molecule has 0 amide bonds. The maximum absolute atomic E-state index is 5.20. The van der Waals surface area contributed by atoms with E-state index in [1.807, 2.05) is 18.3 Å². The van der Waals surface area contributed by atoms with Crippen molar-refractivity contribution >= 4 is 5.78 Å². The van der Waals surface area contributed by atoms with E-state index in [9.17, 15) is 0 Å². The molecule has 5 heteroatoms. The van der Waals surface area contributed by atoms with Gasteiger partial charge in [0.25, 0.3) is 5.78 Å². The highest BCUT2D eigenvalue weighted by Gasteiger charge is 2.06. The summed E-state index contributed by atoms with van der Waals surface area (Å²) in [5.41, 5.74) is 0.782. The molecule has 0 aromatic carbocycles. The minimum atomic E-state index is 0.645. The molecule has 0 unspecified atom stereocenters. The fraction of sp³-hybridized carbons (Fsp3) is 0. The molecule has 3 rings (SSSR count). The van der Waals surface area contributed by atoms with Crippen molar-refractivity contribution in [2.75, 3.05) is 0 Å². The van der Waals surface area contributed by atoms with Gasteiger partial charge in [-0.05, 0) is 12.1 Å². The van der Waals surface area contributed by atoms with Gasteiger partial charge in [-0.3, -0.25) is 5.10 Å². The molecule has 0 saturated heterocycles. The summed E-state index contributed by atoms with van der Waals surface area (Å²) >= 11 is 0. The highest BCUT2D eigenvalue weighted by molar-refractivity contribution is 5.54. The van der Waals surface area contributed by atoms with Gasteiger partial charge in [-0.2, -0.15) is 0 Å². The van der Waals surface area contributed by atoms with Crippen LogP contribution in [0, 0.1) is 0 Å². The monoisotopic (exact) mass is 174 g/mol. The minimum absolute atomic E-state index is 0.645. The Hall–Kier alpha value is -2.04. The fourth-order valence-electron chi connectivity index (χ4n) is 1.25. The number of fused-ring (bicyclic) bond motifs is 1. The van der Waals surface area contributed by atoms with Crippen molar-refractivity contribution in [3.63, 3.8) is 0 Å². The smallest absolute Gasteiger partial charge is 0.251 e. The first-order valence-electron chi connectivity index (χ1n) is 3.86. The summed E-state index contributed by atoms with van der Waals surface area (Å²) in [6, 6.07) is 3.69. The first-order valence-corrected chi connectivity index (χ1v) is 3.86. The fourth-order valence-corrected chi connectivity index (χ4v) is 1.25. The average Bonchev–Trinajstić information content (AvgIpc) is 2.78. The number of hydrogen-bond donors (Lipinski definition) is 1. The number of hydrogen-bond acceptors (Lipinski definition) is 3. The summed E-state index contributed by atoms with van der Waals surface area (Å²) in [6.45, 7) is 0. The van der Waals surface area contributed by atoms with Crippen molar-refractivity contribution in [1.82, 2.24) is 19.6 Å². The summed E-state index contributed by atoms with van der Waals surface area (Å²) in [6.07, 6.45) is 5.05. The van der Waals surface area contributed by atoms with Crippen molar-refractivity contribution in [3.8, 4) is 11.5 Å². The second kappa shape index (κ2) is 2.22. The van der Waals surface area contributed by atoms with E-state index in [1.165, 1.54) is 0 Å². The lowest BCUT2D eigenvalue weighted by Gasteiger charge is -1.84. The van der Waals surface area contributed by atoms with Crippen LogP contribution in [-0.2, 0) is 0 Å². The zero-order valence-electron chi connectivity index (χ0n) is 6.64. The van der Waals surface area contributed by atoms with Crippen LogP contribution >= 0.6 is 0 Å². The number of imidazole rings is 1. The molecule has 0 radical (unpaired) electrons. The Kier molecular flexibility index (Phi) is 1.11. The van der Waals surface area contributed by atoms with Gasteiger partial charge in [0.15, 0.2) is 5.76 Å².